The van der Waals surface area contributed by atoms with Crippen LogP contribution in [0.25, 0.3) is 0 Å². The fourth-order valence-corrected chi connectivity index (χ4v) is 2.68. The zero-order chi connectivity index (χ0) is 19.6. The summed E-state index contributed by atoms with van der Waals surface area (Å²) in [7, 11) is 5.57. The van der Waals surface area contributed by atoms with Crippen molar-refractivity contribution in [2.45, 2.75) is 13.0 Å². The highest BCUT2D eigenvalue weighted by atomic mass is 19.1. The van der Waals surface area contributed by atoms with Crippen molar-refractivity contribution in [2.24, 2.45) is 0 Å². The van der Waals surface area contributed by atoms with Gasteiger partial charge in [-0.15, -0.1) is 0 Å². The number of methoxy groups -OCH3 is 1. The number of nitrogens with one attached hydrogen (secondary N) is 1. The van der Waals surface area contributed by atoms with Crippen LogP contribution in [0.1, 0.15) is 11.1 Å². The number of carbonyl (C=O) groups is 1. The molecule has 146 valence electrons. The Bertz CT molecular complexity index is 737. The van der Waals surface area contributed by atoms with Gasteiger partial charge in [0.05, 0.1) is 7.11 Å². The Hall–Kier alpha value is -2.60. The largest absolute Gasteiger partial charge is 0.497 e. The summed E-state index contributed by atoms with van der Waals surface area (Å²) in [4.78, 5) is 16.5. The fraction of sp³-hybridized carbons (Fsp3) is 0.381. The first-order chi connectivity index (χ1) is 13.0. The smallest absolute Gasteiger partial charge is 0.317 e. The second kappa shape index (κ2) is 10.5. The fourth-order valence-electron chi connectivity index (χ4n) is 2.68. The standard InChI is InChI=1S/C21H28FN3O2/c1-24(2)13-14-25(16-17-7-6-9-19(15-17)27-3)21(26)23-12-11-18-8-4-5-10-20(18)22/h4-10,15H,11-14,16H2,1-3H3,(H,23,26). The van der Waals surface area contributed by atoms with E-state index in [1.54, 1.807) is 30.2 Å². The van der Waals surface area contributed by atoms with E-state index in [2.05, 4.69) is 5.32 Å². The number of amides is 2. The van der Waals surface area contributed by atoms with Gasteiger partial charge in [0, 0.05) is 26.2 Å². The minimum Gasteiger partial charge on any atom is -0.497 e. The van der Waals surface area contributed by atoms with Crippen LogP contribution in [0.4, 0.5) is 9.18 Å². The van der Waals surface area contributed by atoms with Crippen molar-refractivity contribution >= 4 is 6.03 Å². The lowest BCUT2D eigenvalue weighted by Gasteiger charge is -2.25. The Balaban J connectivity index is 1.96. The van der Waals surface area contributed by atoms with Crippen LogP contribution in [-0.2, 0) is 13.0 Å². The average molecular weight is 373 g/mol. The number of nitrogens with zero attached hydrogens (tertiary/aromatic N) is 2. The van der Waals surface area contributed by atoms with Crippen LogP contribution in [0.3, 0.4) is 0 Å². The summed E-state index contributed by atoms with van der Waals surface area (Å²) < 4.78 is 19.0. The molecule has 0 bridgehead atoms. The van der Waals surface area contributed by atoms with E-state index in [9.17, 15) is 9.18 Å². The summed E-state index contributed by atoms with van der Waals surface area (Å²) in [6, 6.07) is 14.2. The number of rotatable bonds is 9. The molecular formula is C21H28FN3O2. The molecule has 2 aromatic carbocycles. The van der Waals surface area contributed by atoms with Crippen LogP contribution in [0.2, 0.25) is 0 Å². The molecule has 2 rings (SSSR count). The highest BCUT2D eigenvalue weighted by Gasteiger charge is 2.14. The molecule has 0 unspecified atom stereocenters. The maximum atomic E-state index is 13.7. The maximum Gasteiger partial charge on any atom is 0.317 e. The lowest BCUT2D eigenvalue weighted by molar-refractivity contribution is 0.189. The SMILES string of the molecule is COc1cccc(CN(CCN(C)C)C(=O)NCCc2ccccc2F)c1. The lowest BCUT2D eigenvalue weighted by Crippen LogP contribution is -2.43. The molecule has 0 atom stereocenters. The quantitative estimate of drug-likeness (QED) is 0.734. The van der Waals surface area contributed by atoms with E-state index in [1.165, 1.54) is 6.07 Å². The number of urea groups is 1. The van der Waals surface area contributed by atoms with Gasteiger partial charge in [0.1, 0.15) is 11.6 Å². The summed E-state index contributed by atoms with van der Waals surface area (Å²) in [6.45, 7) is 2.22. The molecule has 0 fully saturated rings. The van der Waals surface area contributed by atoms with Gasteiger partial charge in [-0.1, -0.05) is 30.3 Å². The zero-order valence-electron chi connectivity index (χ0n) is 16.2. The van der Waals surface area contributed by atoms with Crippen LogP contribution >= 0.6 is 0 Å². The third-order valence-electron chi connectivity index (χ3n) is 4.24. The Kier molecular flexibility index (Phi) is 8.07. The molecule has 1 N–H and O–H groups in total. The van der Waals surface area contributed by atoms with Crippen LogP contribution in [0, 0.1) is 5.82 Å². The van der Waals surface area contributed by atoms with E-state index < -0.39 is 0 Å². The van der Waals surface area contributed by atoms with Gasteiger partial charge in [-0.25, -0.2) is 9.18 Å². The molecule has 0 spiro atoms. The Labute approximate surface area is 160 Å². The van der Waals surface area contributed by atoms with Crippen molar-refractivity contribution in [3.63, 3.8) is 0 Å². The minimum absolute atomic E-state index is 0.156. The third kappa shape index (κ3) is 6.90. The van der Waals surface area contributed by atoms with Crippen molar-refractivity contribution in [3.05, 3.63) is 65.5 Å². The van der Waals surface area contributed by atoms with E-state index in [0.29, 0.717) is 31.6 Å². The number of hydrogen-bond donors (Lipinski definition) is 1. The van der Waals surface area contributed by atoms with Crippen molar-refractivity contribution < 1.29 is 13.9 Å². The first-order valence-corrected chi connectivity index (χ1v) is 9.03. The molecule has 0 saturated heterocycles. The first kappa shape index (κ1) is 20.7. The van der Waals surface area contributed by atoms with Crippen LogP contribution < -0.4 is 10.1 Å². The number of benzene rings is 2. The number of ether oxygens (including phenoxy) is 1. The van der Waals surface area contributed by atoms with Crippen molar-refractivity contribution in [1.82, 2.24) is 15.1 Å². The topological polar surface area (TPSA) is 44.8 Å². The molecule has 0 aliphatic carbocycles. The summed E-state index contributed by atoms with van der Waals surface area (Å²) in [5.41, 5.74) is 1.60. The first-order valence-electron chi connectivity index (χ1n) is 9.03. The van der Waals surface area contributed by atoms with Gasteiger partial charge in [0.25, 0.3) is 0 Å². The molecule has 2 amide bonds. The molecule has 0 aliphatic heterocycles. The second-order valence-corrected chi connectivity index (χ2v) is 6.65. The van der Waals surface area contributed by atoms with Crippen molar-refractivity contribution in [1.29, 1.82) is 0 Å². The van der Waals surface area contributed by atoms with Gasteiger partial charge < -0.3 is 19.9 Å². The van der Waals surface area contributed by atoms with E-state index in [-0.39, 0.29) is 11.8 Å². The number of carbonyl (C=O) groups excluding carboxylic acids is 1. The summed E-state index contributed by atoms with van der Waals surface area (Å²) in [5, 5.41) is 2.90. The lowest BCUT2D eigenvalue weighted by atomic mass is 10.1. The van der Waals surface area contributed by atoms with Gasteiger partial charge >= 0.3 is 6.03 Å². The predicted octanol–water partition coefficient (Wildman–Crippen LogP) is 3.15. The number of likely N-dealkylation sites (N-methyl/N-ethyl adjacent to an activating group) is 1. The van der Waals surface area contributed by atoms with Crippen molar-refractivity contribution in [3.8, 4) is 5.75 Å². The molecule has 5 nitrogen and oxygen atoms in total. The second-order valence-electron chi connectivity index (χ2n) is 6.65. The number of hydrogen-bond acceptors (Lipinski definition) is 3. The Morgan fingerprint density at radius 1 is 1.11 bits per heavy atom. The van der Waals surface area contributed by atoms with Crippen LogP contribution in [0.15, 0.2) is 48.5 Å². The number of halogens is 1. The van der Waals surface area contributed by atoms with Gasteiger partial charge in [0.2, 0.25) is 0 Å². The molecule has 0 heterocycles. The molecule has 0 radical (unpaired) electrons. The van der Waals surface area contributed by atoms with E-state index in [1.807, 2.05) is 43.3 Å². The van der Waals surface area contributed by atoms with Crippen LogP contribution in [-0.4, -0.2) is 56.7 Å². The molecular weight excluding hydrogens is 345 g/mol. The maximum absolute atomic E-state index is 13.7. The predicted molar refractivity (Wildman–Crippen MR) is 105 cm³/mol. The minimum atomic E-state index is -0.243. The van der Waals surface area contributed by atoms with Gasteiger partial charge in [0.15, 0.2) is 0 Å². The van der Waals surface area contributed by atoms with Crippen molar-refractivity contribution in [2.75, 3.05) is 40.8 Å². The third-order valence-corrected chi connectivity index (χ3v) is 4.24. The molecule has 0 aliphatic rings. The zero-order valence-corrected chi connectivity index (χ0v) is 16.2. The Morgan fingerprint density at radius 2 is 1.89 bits per heavy atom. The summed E-state index contributed by atoms with van der Waals surface area (Å²) >= 11 is 0. The highest BCUT2D eigenvalue weighted by Crippen LogP contribution is 2.14. The van der Waals surface area contributed by atoms with E-state index >= 15 is 0 Å². The van der Waals surface area contributed by atoms with E-state index in [4.69, 9.17) is 4.74 Å². The molecule has 2 aromatic rings. The van der Waals surface area contributed by atoms with Gasteiger partial charge in [-0.05, 0) is 49.8 Å². The molecule has 27 heavy (non-hydrogen) atoms. The summed E-state index contributed by atoms with van der Waals surface area (Å²) in [5.74, 6) is 0.521. The monoisotopic (exact) mass is 373 g/mol. The highest BCUT2D eigenvalue weighted by molar-refractivity contribution is 5.74. The van der Waals surface area contributed by atoms with E-state index in [0.717, 1.165) is 17.9 Å². The van der Waals surface area contributed by atoms with Gasteiger partial charge in [-0.2, -0.15) is 0 Å². The van der Waals surface area contributed by atoms with Crippen LogP contribution in [0.5, 0.6) is 5.75 Å². The summed E-state index contributed by atoms with van der Waals surface area (Å²) in [6.07, 6.45) is 0.457. The normalized spacial score (nSPS) is 10.7. The molecule has 6 heteroatoms. The molecule has 0 aromatic heterocycles. The van der Waals surface area contributed by atoms with Gasteiger partial charge in [-0.3, -0.25) is 0 Å². The Morgan fingerprint density at radius 3 is 2.59 bits per heavy atom. The molecule has 0 saturated carbocycles. The average Bonchev–Trinajstić information content (AvgIpc) is 2.66.